The Labute approximate surface area is 303 Å². The Balaban J connectivity index is 1.33. The number of hydrogen-bond donors (Lipinski definition) is 0. The maximum atomic E-state index is 2.46. The highest BCUT2D eigenvalue weighted by Crippen LogP contribution is 2.45. The smallest absolute Gasteiger partial charge is 0.00923 e. The molecule has 0 radical (unpaired) electrons. The number of hydrogen-bond acceptors (Lipinski definition) is 0. The van der Waals surface area contributed by atoms with E-state index in [1.807, 2.05) is 0 Å². The van der Waals surface area contributed by atoms with Crippen LogP contribution < -0.4 is 0 Å². The lowest BCUT2D eigenvalue weighted by Crippen LogP contribution is -1.92. The average Bonchev–Trinajstić information content (AvgIpc) is 3.23. The number of rotatable bonds is 5. The molecule has 0 unspecified atom stereocenters. The van der Waals surface area contributed by atoms with Crippen molar-refractivity contribution in [2.75, 3.05) is 0 Å². The van der Waals surface area contributed by atoms with Crippen molar-refractivity contribution in [1.29, 1.82) is 0 Å². The van der Waals surface area contributed by atoms with Crippen molar-refractivity contribution in [3.63, 3.8) is 0 Å². The van der Waals surface area contributed by atoms with Crippen LogP contribution in [0.15, 0.2) is 206 Å². The molecule has 0 saturated carbocycles. The van der Waals surface area contributed by atoms with Crippen LogP contribution in [0.4, 0.5) is 0 Å². The van der Waals surface area contributed by atoms with Gasteiger partial charge in [-0.25, -0.2) is 0 Å². The van der Waals surface area contributed by atoms with Gasteiger partial charge in [0.2, 0.25) is 0 Å². The zero-order valence-electron chi connectivity index (χ0n) is 28.6. The molecule has 0 N–H and O–H groups in total. The molecule has 0 saturated heterocycles. The summed E-state index contributed by atoms with van der Waals surface area (Å²) in [4.78, 5) is 0. The molecule has 0 aliphatic carbocycles. The average molecular weight is 659 g/mol. The van der Waals surface area contributed by atoms with Crippen LogP contribution in [-0.4, -0.2) is 0 Å². The Hall–Kier alpha value is -6.76. The van der Waals surface area contributed by atoms with Crippen molar-refractivity contribution in [2.45, 2.75) is 0 Å². The van der Waals surface area contributed by atoms with Crippen molar-refractivity contribution < 1.29 is 0 Å². The lowest BCUT2D eigenvalue weighted by molar-refractivity contribution is 1.60. The van der Waals surface area contributed by atoms with E-state index in [-0.39, 0.29) is 0 Å². The molecule has 0 fully saturated rings. The van der Waals surface area contributed by atoms with E-state index in [0.717, 1.165) is 0 Å². The fourth-order valence-corrected chi connectivity index (χ4v) is 8.08. The normalized spacial score (nSPS) is 11.5. The van der Waals surface area contributed by atoms with Gasteiger partial charge >= 0.3 is 0 Å². The highest BCUT2D eigenvalue weighted by Gasteiger charge is 2.18. The summed E-state index contributed by atoms with van der Waals surface area (Å²) in [6.07, 6.45) is 0. The van der Waals surface area contributed by atoms with Crippen LogP contribution in [0.2, 0.25) is 0 Å². The van der Waals surface area contributed by atoms with Gasteiger partial charge in [-0.2, -0.15) is 0 Å². The molecular formula is C52H34. The predicted molar refractivity (Wildman–Crippen MR) is 224 cm³/mol. The largest absolute Gasteiger partial charge is 0.0622 e. The van der Waals surface area contributed by atoms with E-state index >= 15 is 0 Å². The molecule has 10 rings (SSSR count). The van der Waals surface area contributed by atoms with Gasteiger partial charge in [-0.1, -0.05) is 176 Å². The highest BCUT2D eigenvalue weighted by atomic mass is 14.2. The summed E-state index contributed by atoms with van der Waals surface area (Å²) in [5.74, 6) is 0. The first-order valence-corrected chi connectivity index (χ1v) is 18.0. The molecule has 0 amide bonds. The number of fused-ring (bicyclic) bond motifs is 6. The second-order valence-corrected chi connectivity index (χ2v) is 13.7. The van der Waals surface area contributed by atoms with E-state index in [1.165, 1.54) is 98.7 Å². The SMILES string of the molecule is c1ccc(-c2ccc3c(c2)c(-c2ccc4ccccc4c2)cc2c4ccc(-c5ccccc5)cc4c(-c4ccccc4-c4ccccc4)cc32)cc1. The topological polar surface area (TPSA) is 0 Å². The first-order chi connectivity index (χ1) is 25.8. The van der Waals surface area contributed by atoms with Gasteiger partial charge in [0.1, 0.15) is 0 Å². The second-order valence-electron chi connectivity index (χ2n) is 13.7. The molecule has 0 bridgehead atoms. The molecule has 0 nitrogen and oxygen atoms in total. The van der Waals surface area contributed by atoms with Crippen LogP contribution in [0.25, 0.3) is 98.7 Å². The molecule has 242 valence electrons. The first kappa shape index (κ1) is 30.1. The van der Waals surface area contributed by atoms with Crippen LogP contribution in [0.5, 0.6) is 0 Å². The minimum atomic E-state index is 1.22. The van der Waals surface area contributed by atoms with E-state index in [2.05, 4.69) is 206 Å². The highest BCUT2D eigenvalue weighted by molar-refractivity contribution is 6.25. The lowest BCUT2D eigenvalue weighted by atomic mass is 9.84. The van der Waals surface area contributed by atoms with Crippen LogP contribution in [-0.2, 0) is 0 Å². The Morgan fingerprint density at radius 1 is 0.173 bits per heavy atom. The minimum absolute atomic E-state index is 1.22. The summed E-state index contributed by atoms with van der Waals surface area (Å²) in [5, 5.41) is 10.0. The van der Waals surface area contributed by atoms with Gasteiger partial charge < -0.3 is 0 Å². The summed E-state index contributed by atoms with van der Waals surface area (Å²) in [5.41, 5.74) is 12.3. The van der Waals surface area contributed by atoms with Gasteiger partial charge in [-0.05, 0) is 129 Å². The molecule has 10 aromatic rings. The maximum Gasteiger partial charge on any atom is -0.00923 e. The van der Waals surface area contributed by atoms with E-state index in [1.54, 1.807) is 0 Å². The Kier molecular flexibility index (Phi) is 7.25. The summed E-state index contributed by atoms with van der Waals surface area (Å²) in [6, 6.07) is 75.7. The molecule has 0 heteroatoms. The summed E-state index contributed by atoms with van der Waals surface area (Å²) < 4.78 is 0. The Morgan fingerprint density at radius 2 is 0.635 bits per heavy atom. The van der Waals surface area contributed by atoms with Crippen LogP contribution >= 0.6 is 0 Å². The molecule has 0 heterocycles. The zero-order chi connectivity index (χ0) is 34.4. The molecular weight excluding hydrogens is 625 g/mol. The molecule has 0 aromatic heterocycles. The van der Waals surface area contributed by atoms with E-state index in [4.69, 9.17) is 0 Å². The molecule has 0 atom stereocenters. The van der Waals surface area contributed by atoms with Gasteiger partial charge in [0.25, 0.3) is 0 Å². The van der Waals surface area contributed by atoms with E-state index < -0.39 is 0 Å². The molecule has 52 heavy (non-hydrogen) atoms. The molecule has 0 aliphatic heterocycles. The van der Waals surface area contributed by atoms with E-state index in [9.17, 15) is 0 Å². The Morgan fingerprint density at radius 3 is 1.25 bits per heavy atom. The fraction of sp³-hybridized carbons (Fsp3) is 0. The predicted octanol–water partition coefficient (Wildman–Crippen LogP) is 14.6. The van der Waals surface area contributed by atoms with Gasteiger partial charge in [0.05, 0.1) is 0 Å². The van der Waals surface area contributed by atoms with Crippen LogP contribution in [0.1, 0.15) is 0 Å². The Bertz CT molecular complexity index is 2920. The third kappa shape index (κ3) is 5.16. The third-order valence-electron chi connectivity index (χ3n) is 10.6. The van der Waals surface area contributed by atoms with Crippen LogP contribution in [0.3, 0.4) is 0 Å². The van der Waals surface area contributed by atoms with E-state index in [0.29, 0.717) is 0 Å². The molecule has 0 aliphatic rings. The van der Waals surface area contributed by atoms with Gasteiger partial charge in [0, 0.05) is 0 Å². The lowest BCUT2D eigenvalue weighted by Gasteiger charge is -2.19. The monoisotopic (exact) mass is 658 g/mol. The first-order valence-electron chi connectivity index (χ1n) is 18.0. The van der Waals surface area contributed by atoms with Gasteiger partial charge in [-0.3, -0.25) is 0 Å². The van der Waals surface area contributed by atoms with Crippen molar-refractivity contribution in [3.8, 4) is 55.6 Å². The van der Waals surface area contributed by atoms with Crippen molar-refractivity contribution in [2.24, 2.45) is 0 Å². The standard InChI is InChI=1S/C52H34/c1-4-14-35(15-5-1)40-26-28-45-48(31-40)47(42-25-24-37-18-10-11-21-39(37)30-42)33-50-46-29-27-41(36-16-6-2-7-17-36)32-49(46)51(34-52(45)50)44-23-13-12-22-43(44)38-19-8-3-9-20-38/h1-34H. The van der Waals surface area contributed by atoms with Crippen molar-refractivity contribution >= 4 is 43.1 Å². The minimum Gasteiger partial charge on any atom is -0.0622 e. The quantitative estimate of drug-likeness (QED) is 0.161. The summed E-state index contributed by atoms with van der Waals surface area (Å²) in [7, 11) is 0. The fourth-order valence-electron chi connectivity index (χ4n) is 8.08. The van der Waals surface area contributed by atoms with Gasteiger partial charge in [-0.15, -0.1) is 0 Å². The summed E-state index contributed by atoms with van der Waals surface area (Å²) >= 11 is 0. The third-order valence-corrected chi connectivity index (χ3v) is 10.6. The number of benzene rings is 10. The van der Waals surface area contributed by atoms with Crippen LogP contribution in [0, 0.1) is 0 Å². The second kappa shape index (κ2) is 12.5. The van der Waals surface area contributed by atoms with Crippen molar-refractivity contribution in [1.82, 2.24) is 0 Å². The van der Waals surface area contributed by atoms with Crippen molar-refractivity contribution in [3.05, 3.63) is 206 Å². The molecule has 10 aromatic carbocycles. The zero-order valence-corrected chi connectivity index (χ0v) is 28.6. The molecule has 0 spiro atoms. The maximum absolute atomic E-state index is 2.46. The summed E-state index contributed by atoms with van der Waals surface area (Å²) in [6.45, 7) is 0. The van der Waals surface area contributed by atoms with Gasteiger partial charge in [0.15, 0.2) is 0 Å².